The van der Waals surface area contributed by atoms with Crippen LogP contribution >= 0.6 is 0 Å². The molecular formula is C24H28O4. The molecule has 2 aromatic carbocycles. The van der Waals surface area contributed by atoms with Gasteiger partial charge in [0.1, 0.15) is 5.75 Å². The van der Waals surface area contributed by atoms with Crippen molar-refractivity contribution >= 4 is 5.97 Å². The zero-order chi connectivity index (χ0) is 19.6. The Morgan fingerprint density at radius 2 is 1.86 bits per heavy atom. The fourth-order valence-electron chi connectivity index (χ4n) is 4.80. The Balaban J connectivity index is 1.45. The summed E-state index contributed by atoms with van der Waals surface area (Å²) in [5.74, 6) is -0.0288. The number of fused-ring (bicyclic) bond motifs is 1. The highest BCUT2D eigenvalue weighted by Gasteiger charge is 2.43. The fraction of sp³-hybridized carbons (Fsp3) is 0.458. The number of aliphatic hydroxyl groups excluding tert-OH is 1. The van der Waals surface area contributed by atoms with Crippen molar-refractivity contribution in [1.82, 2.24) is 0 Å². The van der Waals surface area contributed by atoms with E-state index in [0.29, 0.717) is 25.2 Å². The zero-order valence-electron chi connectivity index (χ0n) is 16.1. The van der Waals surface area contributed by atoms with Crippen LogP contribution in [0.2, 0.25) is 0 Å². The largest absolute Gasteiger partial charge is 0.493 e. The molecule has 1 heterocycles. The van der Waals surface area contributed by atoms with Gasteiger partial charge in [-0.1, -0.05) is 55.3 Å². The summed E-state index contributed by atoms with van der Waals surface area (Å²) < 4.78 is 5.98. The minimum absolute atomic E-state index is 0.0713. The van der Waals surface area contributed by atoms with Gasteiger partial charge in [-0.3, -0.25) is 4.79 Å². The van der Waals surface area contributed by atoms with Crippen molar-refractivity contribution in [3.63, 3.8) is 0 Å². The summed E-state index contributed by atoms with van der Waals surface area (Å²) in [5, 5.41) is 20.7. The van der Waals surface area contributed by atoms with E-state index < -0.39 is 17.5 Å². The first-order chi connectivity index (χ1) is 13.6. The predicted octanol–water partition coefficient (Wildman–Crippen LogP) is 4.65. The molecule has 0 unspecified atom stereocenters. The van der Waals surface area contributed by atoms with Crippen molar-refractivity contribution in [2.24, 2.45) is 5.92 Å². The highest BCUT2D eigenvalue weighted by molar-refractivity contribution is 5.82. The normalized spacial score (nSPS) is 23.0. The number of hydrogen-bond donors (Lipinski definition) is 2. The highest BCUT2D eigenvalue weighted by Crippen LogP contribution is 2.45. The lowest BCUT2D eigenvalue weighted by atomic mass is 9.77. The van der Waals surface area contributed by atoms with Gasteiger partial charge in [0.2, 0.25) is 0 Å². The molecule has 4 nitrogen and oxygen atoms in total. The molecule has 2 aromatic rings. The third-order valence-electron chi connectivity index (χ3n) is 6.53. The summed E-state index contributed by atoms with van der Waals surface area (Å²) in [6, 6.07) is 16.0. The Kier molecular flexibility index (Phi) is 5.40. The fourth-order valence-corrected chi connectivity index (χ4v) is 4.80. The second-order valence-electron chi connectivity index (χ2n) is 8.24. The lowest BCUT2D eigenvalue weighted by Crippen LogP contribution is -2.33. The van der Waals surface area contributed by atoms with Gasteiger partial charge >= 0.3 is 5.97 Å². The number of carbonyl (C=O) groups is 1. The third kappa shape index (κ3) is 3.53. The first-order valence-electron chi connectivity index (χ1n) is 10.3. The monoisotopic (exact) mass is 380 g/mol. The molecule has 2 atom stereocenters. The Bertz CT molecular complexity index is 824. The minimum Gasteiger partial charge on any atom is -0.493 e. The molecule has 0 radical (unpaired) electrons. The van der Waals surface area contributed by atoms with Crippen molar-refractivity contribution in [1.29, 1.82) is 0 Å². The average molecular weight is 380 g/mol. The quantitative estimate of drug-likeness (QED) is 0.766. The molecule has 0 bridgehead atoms. The van der Waals surface area contributed by atoms with Crippen LogP contribution in [0.15, 0.2) is 48.5 Å². The van der Waals surface area contributed by atoms with Crippen molar-refractivity contribution in [2.75, 3.05) is 6.61 Å². The Labute approximate surface area is 166 Å². The summed E-state index contributed by atoms with van der Waals surface area (Å²) in [4.78, 5) is 12.0. The maximum Gasteiger partial charge on any atom is 0.314 e. The molecule has 0 aromatic heterocycles. The van der Waals surface area contributed by atoms with Crippen LogP contribution < -0.4 is 4.74 Å². The molecule has 1 fully saturated rings. The lowest BCUT2D eigenvalue weighted by molar-refractivity contribution is -0.143. The molecule has 0 amide bonds. The molecule has 1 aliphatic carbocycles. The van der Waals surface area contributed by atoms with E-state index in [1.54, 1.807) is 0 Å². The number of ether oxygens (including phenoxy) is 1. The predicted molar refractivity (Wildman–Crippen MR) is 108 cm³/mol. The Morgan fingerprint density at radius 3 is 2.57 bits per heavy atom. The minimum atomic E-state index is -0.796. The average Bonchev–Trinajstić information content (AvgIpc) is 3.22. The summed E-state index contributed by atoms with van der Waals surface area (Å²) in [6.07, 6.45) is 5.57. The van der Waals surface area contributed by atoms with E-state index in [4.69, 9.17) is 4.74 Å². The first-order valence-corrected chi connectivity index (χ1v) is 10.3. The van der Waals surface area contributed by atoms with Crippen molar-refractivity contribution in [3.05, 3.63) is 65.2 Å². The van der Waals surface area contributed by atoms with E-state index in [1.165, 1.54) is 5.56 Å². The van der Waals surface area contributed by atoms with E-state index in [-0.39, 0.29) is 5.92 Å². The Morgan fingerprint density at radius 1 is 1.11 bits per heavy atom. The van der Waals surface area contributed by atoms with Crippen molar-refractivity contribution in [3.8, 4) is 5.75 Å². The molecule has 2 aliphatic rings. The van der Waals surface area contributed by atoms with E-state index in [2.05, 4.69) is 24.3 Å². The van der Waals surface area contributed by atoms with Crippen LogP contribution in [0.25, 0.3) is 0 Å². The van der Waals surface area contributed by atoms with Crippen LogP contribution in [0.4, 0.5) is 0 Å². The van der Waals surface area contributed by atoms with E-state index in [0.717, 1.165) is 43.2 Å². The molecule has 0 saturated heterocycles. The molecular weight excluding hydrogens is 352 g/mol. The van der Waals surface area contributed by atoms with Crippen LogP contribution in [-0.2, 0) is 16.6 Å². The molecule has 4 rings (SSSR count). The molecule has 1 aliphatic heterocycles. The van der Waals surface area contributed by atoms with Gasteiger partial charge in [-0.05, 0) is 49.3 Å². The molecule has 2 N–H and O–H groups in total. The van der Waals surface area contributed by atoms with Gasteiger partial charge in [-0.15, -0.1) is 0 Å². The smallest absolute Gasteiger partial charge is 0.314 e. The maximum atomic E-state index is 12.0. The van der Waals surface area contributed by atoms with Crippen LogP contribution in [0, 0.1) is 5.92 Å². The highest BCUT2D eigenvalue weighted by atomic mass is 16.5. The van der Waals surface area contributed by atoms with Gasteiger partial charge in [0, 0.05) is 11.5 Å². The number of hydrogen-bond acceptors (Lipinski definition) is 3. The summed E-state index contributed by atoms with van der Waals surface area (Å²) in [7, 11) is 0. The maximum absolute atomic E-state index is 12.0. The molecule has 1 saturated carbocycles. The van der Waals surface area contributed by atoms with Crippen LogP contribution in [0.1, 0.15) is 61.3 Å². The third-order valence-corrected chi connectivity index (χ3v) is 6.53. The molecule has 28 heavy (non-hydrogen) atoms. The zero-order valence-corrected chi connectivity index (χ0v) is 16.1. The van der Waals surface area contributed by atoms with E-state index in [9.17, 15) is 15.0 Å². The lowest BCUT2D eigenvalue weighted by Gasteiger charge is -2.32. The second-order valence-corrected chi connectivity index (χ2v) is 8.24. The topological polar surface area (TPSA) is 66.8 Å². The van der Waals surface area contributed by atoms with Gasteiger partial charge in [0.05, 0.1) is 18.1 Å². The number of aliphatic carboxylic acids is 1. The SMILES string of the molecule is O=C(O)C1(c2ccc3c(c2)OC[C@H](CCCc2ccccc2)[C@H]3O)CCCC1. The Hall–Kier alpha value is -2.33. The number of rotatable bonds is 6. The van der Waals surface area contributed by atoms with Crippen molar-refractivity contribution in [2.45, 2.75) is 56.5 Å². The number of aryl methyl sites for hydroxylation is 1. The van der Waals surface area contributed by atoms with Gasteiger partial charge in [0.15, 0.2) is 0 Å². The second kappa shape index (κ2) is 7.96. The van der Waals surface area contributed by atoms with Crippen LogP contribution in [-0.4, -0.2) is 22.8 Å². The number of aliphatic hydroxyl groups is 1. The molecule has 148 valence electrons. The first kappa shape index (κ1) is 19.0. The number of benzene rings is 2. The number of carboxylic acid groups (broad SMARTS) is 1. The van der Waals surface area contributed by atoms with Gasteiger partial charge in [0.25, 0.3) is 0 Å². The molecule has 4 heteroatoms. The van der Waals surface area contributed by atoms with E-state index in [1.807, 2.05) is 24.3 Å². The van der Waals surface area contributed by atoms with Gasteiger partial charge in [-0.2, -0.15) is 0 Å². The van der Waals surface area contributed by atoms with Gasteiger partial charge < -0.3 is 14.9 Å². The van der Waals surface area contributed by atoms with Crippen LogP contribution in [0.3, 0.4) is 0 Å². The van der Waals surface area contributed by atoms with E-state index >= 15 is 0 Å². The summed E-state index contributed by atoms with van der Waals surface area (Å²) in [6.45, 7) is 0.479. The summed E-state index contributed by atoms with van der Waals surface area (Å²) >= 11 is 0. The van der Waals surface area contributed by atoms with Crippen LogP contribution in [0.5, 0.6) is 5.75 Å². The number of carboxylic acids is 1. The van der Waals surface area contributed by atoms with Gasteiger partial charge in [-0.25, -0.2) is 0 Å². The summed E-state index contributed by atoms with van der Waals surface area (Å²) in [5.41, 5.74) is 2.12. The van der Waals surface area contributed by atoms with Crippen molar-refractivity contribution < 1.29 is 19.7 Å². The standard InChI is InChI=1S/C24H28O4/c25-22-18(10-6-9-17-7-2-1-3-8-17)16-28-21-15-19(11-12-20(21)22)24(23(26)27)13-4-5-14-24/h1-3,7-8,11-12,15,18,22,25H,4-6,9-10,13-14,16H2,(H,26,27)/t18-,22+/m0/s1. The molecule has 0 spiro atoms.